The van der Waals surface area contributed by atoms with Crippen LogP contribution >= 0.6 is 38.9 Å². The van der Waals surface area contributed by atoms with E-state index in [9.17, 15) is 4.39 Å². The van der Waals surface area contributed by atoms with Gasteiger partial charge < -0.3 is 4.74 Å². The number of halogens is 3. The monoisotopic (exact) mass is 349 g/mol. The molecule has 0 amide bonds. The van der Waals surface area contributed by atoms with Crippen LogP contribution in [0.25, 0.3) is 0 Å². The lowest BCUT2D eigenvalue weighted by Gasteiger charge is -2.13. The van der Waals surface area contributed by atoms with Gasteiger partial charge in [0.25, 0.3) is 0 Å². The predicted octanol–water partition coefficient (Wildman–Crippen LogP) is 4.92. The largest absolute Gasteiger partial charge is 0.480 e. The number of alkyl halides is 1. The first-order valence-corrected chi connectivity index (χ1v) is 7.43. The molecule has 1 unspecified atom stereocenters. The Morgan fingerprint density at radius 1 is 1.56 bits per heavy atom. The highest BCUT2D eigenvalue weighted by Gasteiger charge is 2.14. The first-order valence-electron chi connectivity index (χ1n) is 5.22. The minimum absolute atomic E-state index is 0.208. The van der Waals surface area contributed by atoms with Gasteiger partial charge in [0.2, 0.25) is 0 Å². The third-order valence-electron chi connectivity index (χ3n) is 2.25. The molecule has 0 radical (unpaired) electrons. The highest BCUT2D eigenvalue weighted by molar-refractivity contribution is 9.10. The topological polar surface area (TPSA) is 22.1 Å². The van der Waals surface area contributed by atoms with Crippen LogP contribution in [0.15, 0.2) is 28.1 Å². The lowest BCUT2D eigenvalue weighted by molar-refractivity contribution is 0.215. The molecule has 0 saturated carbocycles. The minimum atomic E-state index is -0.390. The fourth-order valence-corrected chi connectivity index (χ4v) is 2.75. The third-order valence-corrected chi connectivity index (χ3v) is 4.07. The fourth-order valence-electron chi connectivity index (χ4n) is 1.38. The Balaban J connectivity index is 2.15. The SMILES string of the molecule is CC(Oc1cc(Br)ccc1F)c1nc(CCl)cs1. The lowest BCUT2D eigenvalue weighted by atomic mass is 10.3. The van der Waals surface area contributed by atoms with Crippen molar-refractivity contribution in [1.29, 1.82) is 0 Å². The molecule has 2 rings (SSSR count). The summed E-state index contributed by atoms with van der Waals surface area (Å²) in [5.74, 6) is 0.188. The molecule has 6 heteroatoms. The second kappa shape index (κ2) is 5.99. The average Bonchev–Trinajstić information content (AvgIpc) is 2.82. The number of aromatic nitrogens is 1. The van der Waals surface area contributed by atoms with Gasteiger partial charge in [-0.3, -0.25) is 0 Å². The standard InChI is InChI=1S/C12H10BrClFNOS/c1-7(12-16-9(5-14)6-18-12)17-11-4-8(13)2-3-10(11)15/h2-4,6-7H,5H2,1H3. The van der Waals surface area contributed by atoms with Crippen molar-refractivity contribution in [2.75, 3.05) is 0 Å². The molecule has 0 spiro atoms. The maximum atomic E-state index is 13.5. The minimum Gasteiger partial charge on any atom is -0.480 e. The fraction of sp³-hybridized carbons (Fsp3) is 0.250. The quantitative estimate of drug-likeness (QED) is 0.730. The van der Waals surface area contributed by atoms with E-state index in [1.807, 2.05) is 12.3 Å². The van der Waals surface area contributed by atoms with Gasteiger partial charge >= 0.3 is 0 Å². The van der Waals surface area contributed by atoms with E-state index in [1.54, 1.807) is 12.1 Å². The van der Waals surface area contributed by atoms with Gasteiger partial charge in [0.1, 0.15) is 11.1 Å². The number of ether oxygens (including phenoxy) is 1. The Bertz CT molecular complexity index is 549. The van der Waals surface area contributed by atoms with Crippen molar-refractivity contribution < 1.29 is 9.13 Å². The zero-order valence-corrected chi connectivity index (χ0v) is 12.6. The molecule has 1 aromatic heterocycles. The number of hydrogen-bond donors (Lipinski definition) is 0. The van der Waals surface area contributed by atoms with Crippen molar-refractivity contribution >= 4 is 38.9 Å². The summed E-state index contributed by atoms with van der Waals surface area (Å²) in [6.45, 7) is 1.83. The Morgan fingerprint density at radius 3 is 3.00 bits per heavy atom. The van der Waals surface area contributed by atoms with Crippen LogP contribution in [0.2, 0.25) is 0 Å². The second-order valence-electron chi connectivity index (χ2n) is 3.65. The van der Waals surface area contributed by atoms with Gasteiger partial charge in [-0.1, -0.05) is 15.9 Å². The molecule has 0 aliphatic rings. The molecule has 0 N–H and O–H groups in total. The zero-order valence-electron chi connectivity index (χ0n) is 9.49. The van der Waals surface area contributed by atoms with Crippen molar-refractivity contribution in [3.63, 3.8) is 0 Å². The molecule has 2 aromatic rings. The van der Waals surface area contributed by atoms with E-state index < -0.39 is 0 Å². The van der Waals surface area contributed by atoms with Crippen LogP contribution in [-0.2, 0) is 5.88 Å². The van der Waals surface area contributed by atoms with E-state index in [1.165, 1.54) is 17.4 Å². The molecular weight excluding hydrogens is 341 g/mol. The first kappa shape index (κ1) is 13.8. The molecular formula is C12H10BrClFNOS. The lowest BCUT2D eigenvalue weighted by Crippen LogP contribution is -2.04. The number of thiazole rings is 1. The van der Waals surface area contributed by atoms with Crippen molar-refractivity contribution in [2.24, 2.45) is 0 Å². The second-order valence-corrected chi connectivity index (χ2v) is 5.72. The van der Waals surface area contributed by atoms with Crippen molar-refractivity contribution in [3.05, 3.63) is 44.6 Å². The zero-order chi connectivity index (χ0) is 13.1. The van der Waals surface area contributed by atoms with Crippen molar-refractivity contribution in [3.8, 4) is 5.75 Å². The van der Waals surface area contributed by atoms with Gasteiger partial charge in [-0.15, -0.1) is 22.9 Å². The van der Waals surface area contributed by atoms with Gasteiger partial charge in [0, 0.05) is 9.85 Å². The maximum Gasteiger partial charge on any atom is 0.165 e. The Labute approximate surface area is 122 Å². The maximum absolute atomic E-state index is 13.5. The molecule has 1 heterocycles. The van der Waals surface area contributed by atoms with E-state index in [0.29, 0.717) is 5.88 Å². The summed E-state index contributed by atoms with van der Waals surface area (Å²) >= 11 is 10.4. The van der Waals surface area contributed by atoms with Crippen LogP contribution < -0.4 is 4.74 Å². The summed E-state index contributed by atoms with van der Waals surface area (Å²) in [6.07, 6.45) is -0.309. The molecule has 0 fully saturated rings. The van der Waals surface area contributed by atoms with E-state index in [2.05, 4.69) is 20.9 Å². The first-order chi connectivity index (χ1) is 8.60. The predicted molar refractivity (Wildman–Crippen MR) is 74.8 cm³/mol. The van der Waals surface area contributed by atoms with Crippen LogP contribution in [0, 0.1) is 5.82 Å². The van der Waals surface area contributed by atoms with E-state index >= 15 is 0 Å². The summed E-state index contributed by atoms with van der Waals surface area (Å²) in [4.78, 5) is 4.30. The van der Waals surface area contributed by atoms with Crippen LogP contribution in [0.3, 0.4) is 0 Å². The molecule has 0 saturated heterocycles. The summed E-state index contributed by atoms with van der Waals surface area (Å²) in [7, 11) is 0. The molecule has 1 aromatic carbocycles. The third kappa shape index (κ3) is 3.22. The molecule has 2 nitrogen and oxygen atoms in total. The van der Waals surface area contributed by atoms with Gasteiger partial charge in [0.05, 0.1) is 11.6 Å². The number of nitrogens with zero attached hydrogens (tertiary/aromatic N) is 1. The van der Waals surface area contributed by atoms with E-state index in [4.69, 9.17) is 16.3 Å². The molecule has 0 aliphatic carbocycles. The summed E-state index contributed by atoms with van der Waals surface area (Å²) in [5, 5.41) is 2.66. The summed E-state index contributed by atoms with van der Waals surface area (Å²) in [6, 6.07) is 4.59. The Kier molecular flexibility index (Phi) is 4.59. The van der Waals surface area contributed by atoms with Crippen LogP contribution in [0.1, 0.15) is 23.7 Å². The van der Waals surface area contributed by atoms with Gasteiger partial charge in [-0.05, 0) is 25.1 Å². The average molecular weight is 351 g/mol. The van der Waals surface area contributed by atoms with E-state index in [-0.39, 0.29) is 17.7 Å². The molecule has 1 atom stereocenters. The highest BCUT2D eigenvalue weighted by Crippen LogP contribution is 2.28. The van der Waals surface area contributed by atoms with Crippen LogP contribution in [-0.4, -0.2) is 4.98 Å². The highest BCUT2D eigenvalue weighted by atomic mass is 79.9. The molecule has 18 heavy (non-hydrogen) atoms. The number of hydrogen-bond acceptors (Lipinski definition) is 3. The normalized spacial score (nSPS) is 12.4. The smallest absolute Gasteiger partial charge is 0.165 e. The summed E-state index contributed by atoms with van der Waals surface area (Å²) in [5.41, 5.74) is 0.807. The van der Waals surface area contributed by atoms with Gasteiger partial charge in [0.15, 0.2) is 11.6 Å². The number of benzene rings is 1. The molecule has 0 aliphatic heterocycles. The van der Waals surface area contributed by atoms with Gasteiger partial charge in [-0.2, -0.15) is 0 Å². The van der Waals surface area contributed by atoms with Crippen molar-refractivity contribution in [2.45, 2.75) is 18.9 Å². The Hall–Kier alpha value is -0.650. The van der Waals surface area contributed by atoms with Crippen molar-refractivity contribution in [1.82, 2.24) is 4.98 Å². The number of rotatable bonds is 4. The van der Waals surface area contributed by atoms with Crippen LogP contribution in [0.4, 0.5) is 4.39 Å². The Morgan fingerprint density at radius 2 is 2.33 bits per heavy atom. The molecule has 96 valence electrons. The molecule has 0 bridgehead atoms. The van der Waals surface area contributed by atoms with Gasteiger partial charge in [-0.25, -0.2) is 9.37 Å². The van der Waals surface area contributed by atoms with Crippen LogP contribution in [0.5, 0.6) is 5.75 Å². The summed E-state index contributed by atoms with van der Waals surface area (Å²) < 4.78 is 19.9. The van der Waals surface area contributed by atoms with E-state index in [0.717, 1.165) is 15.2 Å².